The van der Waals surface area contributed by atoms with Crippen molar-refractivity contribution in [2.75, 3.05) is 25.0 Å². The number of rotatable bonds is 5. The van der Waals surface area contributed by atoms with E-state index in [2.05, 4.69) is 42.2 Å². The third-order valence-electron chi connectivity index (χ3n) is 4.72. The molecule has 0 atom stereocenters. The van der Waals surface area contributed by atoms with Crippen molar-refractivity contribution >= 4 is 11.5 Å². The molecule has 6 nitrogen and oxygen atoms in total. The van der Waals surface area contributed by atoms with Crippen molar-refractivity contribution in [2.24, 2.45) is 0 Å². The number of nitrogens with zero attached hydrogens (tertiary/aromatic N) is 4. The zero-order chi connectivity index (χ0) is 17.1. The first-order valence-corrected chi connectivity index (χ1v) is 9.01. The Bertz CT molecular complexity index is 817. The van der Waals surface area contributed by atoms with Gasteiger partial charge in [0.1, 0.15) is 17.3 Å². The molecule has 25 heavy (non-hydrogen) atoms. The zero-order valence-electron chi connectivity index (χ0n) is 14.6. The molecule has 1 saturated heterocycles. The predicted octanol–water partition coefficient (Wildman–Crippen LogP) is 2.55. The lowest BCUT2D eigenvalue weighted by Gasteiger charge is -2.22. The molecule has 0 radical (unpaired) electrons. The number of aromatic nitrogens is 4. The summed E-state index contributed by atoms with van der Waals surface area (Å²) in [5.41, 5.74) is 3.25. The predicted molar refractivity (Wildman–Crippen MR) is 99.0 cm³/mol. The van der Waals surface area contributed by atoms with Gasteiger partial charge in [0, 0.05) is 43.0 Å². The number of piperidine rings is 1. The maximum Gasteiger partial charge on any atom is 0.136 e. The monoisotopic (exact) mass is 336 g/mol. The van der Waals surface area contributed by atoms with E-state index < -0.39 is 0 Å². The van der Waals surface area contributed by atoms with Crippen LogP contribution in [-0.2, 0) is 6.42 Å². The Morgan fingerprint density at radius 2 is 2.08 bits per heavy atom. The molecule has 0 amide bonds. The van der Waals surface area contributed by atoms with E-state index in [1.54, 1.807) is 0 Å². The Kier molecular flexibility index (Phi) is 4.61. The molecule has 0 spiro atoms. The molecule has 0 unspecified atom stereocenters. The SMILES string of the molecule is Cc1nc(NCCc2cn3ccccc3n2)cc(C2CCNCC2)n1. The first kappa shape index (κ1) is 16.0. The lowest BCUT2D eigenvalue weighted by atomic mass is 9.94. The molecule has 1 aliphatic rings. The smallest absolute Gasteiger partial charge is 0.136 e. The molecule has 0 aliphatic carbocycles. The summed E-state index contributed by atoms with van der Waals surface area (Å²) in [6.07, 6.45) is 7.28. The van der Waals surface area contributed by atoms with Gasteiger partial charge in [-0.1, -0.05) is 6.07 Å². The van der Waals surface area contributed by atoms with Gasteiger partial charge in [0.25, 0.3) is 0 Å². The molecule has 1 fully saturated rings. The third kappa shape index (κ3) is 3.79. The lowest BCUT2D eigenvalue weighted by Crippen LogP contribution is -2.27. The zero-order valence-corrected chi connectivity index (χ0v) is 14.6. The van der Waals surface area contributed by atoms with Crippen molar-refractivity contribution < 1.29 is 0 Å². The largest absolute Gasteiger partial charge is 0.370 e. The van der Waals surface area contributed by atoms with Crippen LogP contribution in [0.25, 0.3) is 5.65 Å². The molecule has 0 saturated carbocycles. The van der Waals surface area contributed by atoms with Crippen LogP contribution < -0.4 is 10.6 Å². The third-order valence-corrected chi connectivity index (χ3v) is 4.72. The van der Waals surface area contributed by atoms with Gasteiger partial charge >= 0.3 is 0 Å². The highest BCUT2D eigenvalue weighted by Crippen LogP contribution is 2.25. The van der Waals surface area contributed by atoms with E-state index in [9.17, 15) is 0 Å². The molecule has 4 rings (SSSR count). The normalized spacial score (nSPS) is 15.6. The molecule has 0 bridgehead atoms. The van der Waals surface area contributed by atoms with Crippen LogP contribution in [0.5, 0.6) is 0 Å². The van der Waals surface area contributed by atoms with E-state index >= 15 is 0 Å². The minimum Gasteiger partial charge on any atom is -0.370 e. The average Bonchev–Trinajstić information content (AvgIpc) is 3.05. The number of fused-ring (bicyclic) bond motifs is 1. The molecular weight excluding hydrogens is 312 g/mol. The van der Waals surface area contributed by atoms with E-state index in [-0.39, 0.29) is 0 Å². The van der Waals surface area contributed by atoms with Crippen molar-refractivity contribution in [3.63, 3.8) is 0 Å². The van der Waals surface area contributed by atoms with Gasteiger partial charge in [-0.05, 0) is 45.0 Å². The maximum atomic E-state index is 4.66. The van der Waals surface area contributed by atoms with Crippen LogP contribution in [0.15, 0.2) is 36.7 Å². The summed E-state index contributed by atoms with van der Waals surface area (Å²) in [5.74, 6) is 2.30. The molecule has 130 valence electrons. The average molecular weight is 336 g/mol. The minimum absolute atomic E-state index is 0.543. The second kappa shape index (κ2) is 7.19. The van der Waals surface area contributed by atoms with E-state index in [0.717, 1.165) is 61.9 Å². The van der Waals surface area contributed by atoms with Gasteiger partial charge in [0.05, 0.1) is 5.69 Å². The Labute approximate surface area is 147 Å². The van der Waals surface area contributed by atoms with Crippen LogP contribution >= 0.6 is 0 Å². The Hall–Kier alpha value is -2.47. The second-order valence-corrected chi connectivity index (χ2v) is 6.62. The molecule has 6 heteroatoms. The summed E-state index contributed by atoms with van der Waals surface area (Å²) in [6.45, 7) is 4.93. The summed E-state index contributed by atoms with van der Waals surface area (Å²) in [7, 11) is 0. The number of hydrogen-bond acceptors (Lipinski definition) is 5. The van der Waals surface area contributed by atoms with E-state index in [1.807, 2.05) is 31.3 Å². The first-order valence-electron chi connectivity index (χ1n) is 9.01. The van der Waals surface area contributed by atoms with Crippen LogP contribution in [0, 0.1) is 6.92 Å². The van der Waals surface area contributed by atoms with Gasteiger partial charge in [-0.3, -0.25) is 0 Å². The maximum absolute atomic E-state index is 4.66. The Morgan fingerprint density at radius 1 is 1.20 bits per heavy atom. The quantitative estimate of drug-likeness (QED) is 0.749. The Balaban J connectivity index is 1.41. The summed E-state index contributed by atoms with van der Waals surface area (Å²) in [6, 6.07) is 8.17. The number of anilines is 1. The fourth-order valence-corrected chi connectivity index (χ4v) is 3.43. The second-order valence-electron chi connectivity index (χ2n) is 6.62. The molecule has 2 N–H and O–H groups in total. The van der Waals surface area contributed by atoms with Gasteiger partial charge in [-0.25, -0.2) is 15.0 Å². The van der Waals surface area contributed by atoms with Gasteiger partial charge in [0.2, 0.25) is 0 Å². The van der Waals surface area contributed by atoms with Crippen molar-refractivity contribution in [1.29, 1.82) is 0 Å². The molecule has 3 aromatic heterocycles. The fraction of sp³-hybridized carbons (Fsp3) is 0.421. The highest BCUT2D eigenvalue weighted by molar-refractivity contribution is 5.40. The lowest BCUT2D eigenvalue weighted by molar-refractivity contribution is 0.452. The van der Waals surface area contributed by atoms with Crippen molar-refractivity contribution in [3.05, 3.63) is 53.9 Å². The van der Waals surface area contributed by atoms with Crippen LogP contribution in [0.3, 0.4) is 0 Å². The van der Waals surface area contributed by atoms with Crippen LogP contribution in [0.4, 0.5) is 5.82 Å². The highest BCUT2D eigenvalue weighted by Gasteiger charge is 2.17. The van der Waals surface area contributed by atoms with E-state index in [4.69, 9.17) is 0 Å². The summed E-state index contributed by atoms with van der Waals surface area (Å²) in [5, 5.41) is 6.85. The van der Waals surface area contributed by atoms with E-state index in [1.165, 1.54) is 5.69 Å². The molecule has 1 aliphatic heterocycles. The highest BCUT2D eigenvalue weighted by atomic mass is 15.0. The standard InChI is InChI=1S/C19H24N6/c1-14-22-17(15-5-8-20-9-6-15)12-18(23-14)21-10-7-16-13-25-11-3-2-4-19(25)24-16/h2-4,11-13,15,20H,5-10H2,1H3,(H,21,22,23). The van der Waals surface area contributed by atoms with Gasteiger partial charge in [0.15, 0.2) is 0 Å². The first-order chi connectivity index (χ1) is 12.3. The molecule has 3 aromatic rings. The number of hydrogen-bond donors (Lipinski definition) is 2. The molecular formula is C19H24N6. The van der Waals surface area contributed by atoms with Gasteiger partial charge < -0.3 is 15.0 Å². The van der Waals surface area contributed by atoms with Crippen molar-refractivity contribution in [1.82, 2.24) is 24.7 Å². The fourth-order valence-electron chi connectivity index (χ4n) is 3.43. The van der Waals surface area contributed by atoms with Gasteiger partial charge in [-0.15, -0.1) is 0 Å². The summed E-state index contributed by atoms with van der Waals surface area (Å²) in [4.78, 5) is 13.8. The van der Waals surface area contributed by atoms with Crippen LogP contribution in [0.2, 0.25) is 0 Å². The minimum atomic E-state index is 0.543. The molecule has 4 heterocycles. The van der Waals surface area contributed by atoms with Crippen molar-refractivity contribution in [3.8, 4) is 0 Å². The topological polar surface area (TPSA) is 67.1 Å². The van der Waals surface area contributed by atoms with E-state index in [0.29, 0.717) is 5.92 Å². The van der Waals surface area contributed by atoms with Crippen LogP contribution in [-0.4, -0.2) is 39.0 Å². The Morgan fingerprint density at radius 3 is 2.92 bits per heavy atom. The number of aryl methyl sites for hydroxylation is 1. The van der Waals surface area contributed by atoms with Crippen molar-refractivity contribution in [2.45, 2.75) is 32.1 Å². The van der Waals surface area contributed by atoms with Gasteiger partial charge in [-0.2, -0.15) is 0 Å². The molecule has 0 aromatic carbocycles. The number of pyridine rings is 1. The summed E-state index contributed by atoms with van der Waals surface area (Å²) >= 11 is 0. The number of nitrogens with one attached hydrogen (secondary N) is 2. The van der Waals surface area contributed by atoms with Crippen LogP contribution in [0.1, 0.15) is 36.0 Å². The number of imidazole rings is 1. The summed E-state index contributed by atoms with van der Waals surface area (Å²) < 4.78 is 2.05.